The van der Waals surface area contributed by atoms with E-state index in [1.54, 1.807) is 0 Å². The average Bonchev–Trinajstić information content (AvgIpc) is 2.20. The van der Waals surface area contributed by atoms with Crippen molar-refractivity contribution < 1.29 is 5.48 Å². The lowest BCUT2D eigenvalue weighted by atomic mass is 10.0. The van der Waals surface area contributed by atoms with Crippen molar-refractivity contribution in [3.05, 3.63) is 35.4 Å². The molecule has 1 aromatic carbocycles. The van der Waals surface area contributed by atoms with Crippen molar-refractivity contribution in [2.24, 2.45) is 0 Å². The smallest absolute Gasteiger partial charge is 0.00248 e. The molecule has 1 aromatic rings. The van der Waals surface area contributed by atoms with E-state index in [9.17, 15) is 0 Å². The number of nitrogens with zero attached hydrogens (tertiary/aromatic N) is 1. The first-order valence-electron chi connectivity index (χ1n) is 5.89. The summed E-state index contributed by atoms with van der Waals surface area (Å²) in [4.78, 5) is 2.26. The Bertz CT molecular complexity index is 284. The Morgan fingerprint density at radius 1 is 1.00 bits per heavy atom. The Morgan fingerprint density at radius 3 is 2.31 bits per heavy atom. The zero-order chi connectivity index (χ0) is 11.1. The molecule has 0 unspecified atom stereocenters. The summed E-state index contributed by atoms with van der Waals surface area (Å²) in [6.07, 6.45) is 5.21. The number of unbranched alkanes of at least 4 members (excludes halogenated alkanes) is 2. The van der Waals surface area contributed by atoms with Crippen molar-refractivity contribution in [2.45, 2.75) is 32.6 Å². The first-order chi connectivity index (χ1) is 7.20. The number of rotatable bonds is 6. The average molecular weight is 223 g/mol. The van der Waals surface area contributed by atoms with Crippen LogP contribution in [-0.4, -0.2) is 31.0 Å². The first kappa shape index (κ1) is 15.1. The summed E-state index contributed by atoms with van der Waals surface area (Å²) in [6.45, 7) is 3.42. The van der Waals surface area contributed by atoms with Crippen LogP contribution in [-0.2, 0) is 6.42 Å². The van der Waals surface area contributed by atoms with E-state index < -0.39 is 0 Å². The summed E-state index contributed by atoms with van der Waals surface area (Å²) in [7, 11) is 4.28. The van der Waals surface area contributed by atoms with Gasteiger partial charge in [0.2, 0.25) is 0 Å². The summed E-state index contributed by atoms with van der Waals surface area (Å²) in [6, 6.07) is 8.71. The lowest BCUT2D eigenvalue weighted by Crippen LogP contribution is -2.12. The maximum Gasteiger partial charge on any atom is -0.00248 e. The third kappa shape index (κ3) is 5.89. The van der Waals surface area contributed by atoms with Crippen LogP contribution in [0.5, 0.6) is 0 Å². The van der Waals surface area contributed by atoms with Crippen molar-refractivity contribution in [3.63, 3.8) is 0 Å². The second kappa shape index (κ2) is 8.31. The summed E-state index contributed by atoms with van der Waals surface area (Å²) < 4.78 is 0. The van der Waals surface area contributed by atoms with Gasteiger partial charge in [0.05, 0.1) is 0 Å². The molecule has 0 heterocycles. The molecule has 0 fully saturated rings. The summed E-state index contributed by atoms with van der Waals surface area (Å²) >= 11 is 0. The van der Waals surface area contributed by atoms with Crippen molar-refractivity contribution in [1.82, 2.24) is 4.90 Å². The predicted molar refractivity (Wildman–Crippen MR) is 70.9 cm³/mol. The van der Waals surface area contributed by atoms with Crippen LogP contribution >= 0.6 is 0 Å². The van der Waals surface area contributed by atoms with E-state index in [1.807, 2.05) is 0 Å². The molecule has 92 valence electrons. The van der Waals surface area contributed by atoms with E-state index in [0.29, 0.717) is 0 Å². The molecule has 0 aliphatic heterocycles. The molecule has 0 atom stereocenters. The SMILES string of the molecule is Cc1ccccc1CCCCCN(C)C.O. The van der Waals surface area contributed by atoms with Gasteiger partial charge >= 0.3 is 0 Å². The van der Waals surface area contributed by atoms with Gasteiger partial charge in [-0.1, -0.05) is 30.7 Å². The molecule has 0 aliphatic carbocycles. The van der Waals surface area contributed by atoms with Crippen molar-refractivity contribution in [1.29, 1.82) is 0 Å². The highest BCUT2D eigenvalue weighted by molar-refractivity contribution is 5.25. The molecular weight excluding hydrogens is 198 g/mol. The highest BCUT2D eigenvalue weighted by atomic mass is 16.0. The maximum atomic E-state index is 2.26. The molecule has 16 heavy (non-hydrogen) atoms. The minimum atomic E-state index is 0. The molecule has 0 bridgehead atoms. The molecule has 0 aliphatic rings. The third-order valence-electron chi connectivity index (χ3n) is 2.81. The first-order valence-corrected chi connectivity index (χ1v) is 5.89. The van der Waals surface area contributed by atoms with Gasteiger partial charge in [0, 0.05) is 0 Å². The van der Waals surface area contributed by atoms with Gasteiger partial charge in [-0.2, -0.15) is 0 Å². The van der Waals surface area contributed by atoms with Gasteiger partial charge in [-0.25, -0.2) is 0 Å². The Hall–Kier alpha value is -0.860. The number of aryl methyl sites for hydroxylation is 2. The van der Waals surface area contributed by atoms with Gasteiger partial charge < -0.3 is 10.4 Å². The van der Waals surface area contributed by atoms with Crippen LogP contribution in [0.1, 0.15) is 30.4 Å². The molecule has 2 heteroatoms. The normalized spacial score (nSPS) is 10.2. The van der Waals surface area contributed by atoms with Crippen LogP contribution in [0.3, 0.4) is 0 Å². The molecule has 1 rings (SSSR count). The maximum absolute atomic E-state index is 2.26. The van der Waals surface area contributed by atoms with Crippen LogP contribution in [0.15, 0.2) is 24.3 Å². The molecule has 0 saturated heterocycles. The van der Waals surface area contributed by atoms with Crippen LogP contribution in [0.4, 0.5) is 0 Å². The van der Waals surface area contributed by atoms with E-state index >= 15 is 0 Å². The highest BCUT2D eigenvalue weighted by Gasteiger charge is 1.97. The molecule has 0 spiro atoms. The minimum absolute atomic E-state index is 0. The zero-order valence-corrected chi connectivity index (χ0v) is 10.8. The highest BCUT2D eigenvalue weighted by Crippen LogP contribution is 2.11. The Morgan fingerprint density at radius 2 is 1.69 bits per heavy atom. The van der Waals surface area contributed by atoms with E-state index in [4.69, 9.17) is 0 Å². The standard InChI is InChI=1S/C14H23N.H2O/c1-13-9-6-7-11-14(13)10-5-4-8-12-15(2)3;/h6-7,9,11H,4-5,8,10,12H2,1-3H3;1H2. The van der Waals surface area contributed by atoms with Crippen LogP contribution in [0.25, 0.3) is 0 Å². The molecule has 2 nitrogen and oxygen atoms in total. The molecule has 2 N–H and O–H groups in total. The van der Waals surface area contributed by atoms with Gasteiger partial charge in [-0.15, -0.1) is 0 Å². The number of hydrogen-bond donors (Lipinski definition) is 0. The molecule has 0 radical (unpaired) electrons. The summed E-state index contributed by atoms with van der Waals surface area (Å²) in [5.41, 5.74) is 2.95. The van der Waals surface area contributed by atoms with E-state index in [2.05, 4.69) is 50.2 Å². The van der Waals surface area contributed by atoms with Crippen molar-refractivity contribution in [3.8, 4) is 0 Å². The number of benzene rings is 1. The predicted octanol–water partition coefficient (Wildman–Crippen LogP) is 2.44. The second-order valence-electron chi connectivity index (χ2n) is 4.54. The second-order valence-corrected chi connectivity index (χ2v) is 4.54. The van der Waals surface area contributed by atoms with Gasteiger partial charge in [-0.05, 0) is 58.0 Å². The molecule has 0 aromatic heterocycles. The van der Waals surface area contributed by atoms with Gasteiger partial charge in [-0.3, -0.25) is 0 Å². The lowest BCUT2D eigenvalue weighted by molar-refractivity contribution is 0.391. The van der Waals surface area contributed by atoms with E-state index in [1.165, 1.54) is 43.4 Å². The molecular formula is C14H25NO. The van der Waals surface area contributed by atoms with Crippen LogP contribution < -0.4 is 0 Å². The fraction of sp³-hybridized carbons (Fsp3) is 0.571. The zero-order valence-electron chi connectivity index (χ0n) is 10.8. The molecule has 0 saturated carbocycles. The summed E-state index contributed by atoms with van der Waals surface area (Å²) in [5.74, 6) is 0. The Balaban J connectivity index is 0.00000225. The quantitative estimate of drug-likeness (QED) is 0.682. The van der Waals surface area contributed by atoms with E-state index in [-0.39, 0.29) is 5.48 Å². The van der Waals surface area contributed by atoms with Gasteiger partial charge in [0.1, 0.15) is 0 Å². The largest absolute Gasteiger partial charge is 0.412 e. The Labute approximate surface area is 99.6 Å². The third-order valence-corrected chi connectivity index (χ3v) is 2.81. The van der Waals surface area contributed by atoms with Gasteiger partial charge in [0.25, 0.3) is 0 Å². The van der Waals surface area contributed by atoms with Crippen LogP contribution in [0.2, 0.25) is 0 Å². The number of hydrogen-bond acceptors (Lipinski definition) is 1. The monoisotopic (exact) mass is 223 g/mol. The minimum Gasteiger partial charge on any atom is -0.412 e. The lowest BCUT2D eigenvalue weighted by Gasteiger charge is -2.09. The summed E-state index contributed by atoms with van der Waals surface area (Å²) in [5, 5.41) is 0. The van der Waals surface area contributed by atoms with E-state index in [0.717, 1.165) is 0 Å². The fourth-order valence-corrected chi connectivity index (χ4v) is 1.81. The fourth-order valence-electron chi connectivity index (χ4n) is 1.81. The topological polar surface area (TPSA) is 34.7 Å². The van der Waals surface area contributed by atoms with Crippen molar-refractivity contribution in [2.75, 3.05) is 20.6 Å². The van der Waals surface area contributed by atoms with Gasteiger partial charge in [0.15, 0.2) is 0 Å². The molecule has 0 amide bonds. The Kier molecular flexibility index (Phi) is 7.86. The van der Waals surface area contributed by atoms with Crippen molar-refractivity contribution >= 4 is 0 Å². The van der Waals surface area contributed by atoms with Crippen LogP contribution in [0, 0.1) is 6.92 Å².